The molecule has 19 heavy (non-hydrogen) atoms. The van der Waals surface area contributed by atoms with Gasteiger partial charge >= 0.3 is 0 Å². The fourth-order valence-corrected chi connectivity index (χ4v) is 3.47. The maximum absolute atomic E-state index is 6.14. The van der Waals surface area contributed by atoms with Crippen molar-refractivity contribution in [3.05, 3.63) is 23.8 Å². The Hall–Kier alpha value is -1.51. The van der Waals surface area contributed by atoms with Crippen molar-refractivity contribution in [2.45, 2.75) is 46.1 Å². The Balaban J connectivity index is 1.98. The number of para-hydroxylation sites is 1. The predicted molar refractivity (Wildman–Crippen MR) is 80.0 cm³/mol. The molecule has 0 radical (unpaired) electrons. The molecule has 3 nitrogen and oxygen atoms in total. The van der Waals surface area contributed by atoms with Crippen molar-refractivity contribution in [1.82, 2.24) is 9.55 Å². The number of hydrogen-bond donors (Lipinski definition) is 1. The number of aromatic nitrogens is 2. The average molecular weight is 257 g/mol. The van der Waals surface area contributed by atoms with E-state index in [1.54, 1.807) is 0 Å². The van der Waals surface area contributed by atoms with Crippen molar-refractivity contribution >= 4 is 17.0 Å². The molecule has 102 valence electrons. The Morgan fingerprint density at radius 3 is 2.89 bits per heavy atom. The summed E-state index contributed by atoms with van der Waals surface area (Å²) < 4.78 is 2.23. The van der Waals surface area contributed by atoms with E-state index < -0.39 is 0 Å². The molecule has 1 saturated carbocycles. The molecule has 1 aliphatic carbocycles. The number of imidazole rings is 1. The summed E-state index contributed by atoms with van der Waals surface area (Å²) in [7, 11) is 0. The van der Waals surface area contributed by atoms with Gasteiger partial charge in [0.2, 0.25) is 5.95 Å². The minimum Gasteiger partial charge on any atom is -0.369 e. The fourth-order valence-electron chi connectivity index (χ4n) is 3.47. The highest BCUT2D eigenvalue weighted by molar-refractivity contribution is 5.81. The number of nitrogens with zero attached hydrogens (tertiary/aromatic N) is 2. The fraction of sp³-hybridized carbons (Fsp3) is 0.562. The third kappa shape index (κ3) is 2.22. The van der Waals surface area contributed by atoms with Gasteiger partial charge in [0.15, 0.2) is 0 Å². The summed E-state index contributed by atoms with van der Waals surface area (Å²) in [6, 6.07) is 6.25. The van der Waals surface area contributed by atoms with E-state index >= 15 is 0 Å². The Labute approximate surface area is 114 Å². The number of nitrogens with two attached hydrogens (primary N) is 1. The Morgan fingerprint density at radius 1 is 1.32 bits per heavy atom. The van der Waals surface area contributed by atoms with Crippen LogP contribution < -0.4 is 5.73 Å². The van der Waals surface area contributed by atoms with Crippen LogP contribution in [0.15, 0.2) is 18.2 Å². The first-order valence-corrected chi connectivity index (χ1v) is 7.38. The molecule has 3 rings (SSSR count). The van der Waals surface area contributed by atoms with Gasteiger partial charge in [-0.2, -0.15) is 0 Å². The minimum atomic E-state index is 0.669. The molecule has 0 saturated heterocycles. The second kappa shape index (κ2) is 4.87. The number of nitrogen functional groups attached to an aromatic ring is 1. The topological polar surface area (TPSA) is 43.8 Å². The zero-order valence-electron chi connectivity index (χ0n) is 11.9. The maximum atomic E-state index is 6.14. The summed E-state index contributed by atoms with van der Waals surface area (Å²) >= 11 is 0. The summed E-state index contributed by atoms with van der Waals surface area (Å²) in [5.74, 6) is 2.21. The molecule has 1 heterocycles. The number of fused-ring (bicyclic) bond motifs is 1. The summed E-state index contributed by atoms with van der Waals surface area (Å²) in [5.41, 5.74) is 9.65. The van der Waals surface area contributed by atoms with Gasteiger partial charge in [-0.05, 0) is 36.8 Å². The Morgan fingerprint density at radius 2 is 2.11 bits per heavy atom. The van der Waals surface area contributed by atoms with Crippen LogP contribution in [0, 0.1) is 18.8 Å². The van der Waals surface area contributed by atoms with Gasteiger partial charge in [-0.15, -0.1) is 0 Å². The highest BCUT2D eigenvalue weighted by Crippen LogP contribution is 2.33. The van der Waals surface area contributed by atoms with Crippen molar-refractivity contribution in [2.75, 3.05) is 5.73 Å². The van der Waals surface area contributed by atoms with Crippen LogP contribution in [0.4, 0.5) is 5.95 Å². The number of aryl methyl sites for hydroxylation is 1. The molecule has 2 aromatic rings. The minimum absolute atomic E-state index is 0.669. The van der Waals surface area contributed by atoms with Crippen LogP contribution in [-0.2, 0) is 6.54 Å². The summed E-state index contributed by atoms with van der Waals surface area (Å²) in [4.78, 5) is 4.51. The SMILES string of the molecule is Cc1cccc2nc(N)n(CC3CCCCC3C)c12. The summed E-state index contributed by atoms with van der Waals surface area (Å²) in [5, 5.41) is 0. The standard InChI is InChI=1S/C16H23N3/c1-11-6-3-4-8-13(11)10-19-15-12(2)7-5-9-14(15)18-16(19)17/h5,7,9,11,13H,3-4,6,8,10H2,1-2H3,(H2,17,18). The molecule has 0 spiro atoms. The van der Waals surface area contributed by atoms with Gasteiger partial charge in [0.25, 0.3) is 0 Å². The number of anilines is 1. The second-order valence-electron chi connectivity index (χ2n) is 6.05. The molecule has 1 fully saturated rings. The highest BCUT2D eigenvalue weighted by atomic mass is 15.2. The number of hydrogen-bond acceptors (Lipinski definition) is 2. The van der Waals surface area contributed by atoms with Crippen LogP contribution in [0.5, 0.6) is 0 Å². The van der Waals surface area contributed by atoms with Crippen LogP contribution in [0.2, 0.25) is 0 Å². The van der Waals surface area contributed by atoms with Gasteiger partial charge in [-0.1, -0.05) is 38.3 Å². The first-order chi connectivity index (χ1) is 9.16. The predicted octanol–water partition coefficient (Wildman–Crippen LogP) is 3.75. The quantitative estimate of drug-likeness (QED) is 0.890. The first-order valence-electron chi connectivity index (χ1n) is 7.38. The van der Waals surface area contributed by atoms with Crippen LogP contribution in [0.25, 0.3) is 11.0 Å². The molecule has 0 amide bonds. The lowest BCUT2D eigenvalue weighted by Crippen LogP contribution is -2.22. The van der Waals surface area contributed by atoms with E-state index in [9.17, 15) is 0 Å². The highest BCUT2D eigenvalue weighted by Gasteiger charge is 2.23. The second-order valence-corrected chi connectivity index (χ2v) is 6.05. The third-order valence-corrected chi connectivity index (χ3v) is 4.70. The van der Waals surface area contributed by atoms with Crippen molar-refractivity contribution < 1.29 is 0 Å². The van der Waals surface area contributed by atoms with E-state index in [-0.39, 0.29) is 0 Å². The van der Waals surface area contributed by atoms with Crippen LogP contribution >= 0.6 is 0 Å². The monoisotopic (exact) mass is 257 g/mol. The van der Waals surface area contributed by atoms with Gasteiger partial charge < -0.3 is 10.3 Å². The summed E-state index contributed by atoms with van der Waals surface area (Å²) in [6.45, 7) is 5.55. The molecule has 2 unspecified atom stereocenters. The van der Waals surface area contributed by atoms with Crippen molar-refractivity contribution in [2.24, 2.45) is 11.8 Å². The lowest BCUT2D eigenvalue weighted by Gasteiger charge is -2.29. The zero-order valence-corrected chi connectivity index (χ0v) is 11.9. The van der Waals surface area contributed by atoms with E-state index in [4.69, 9.17) is 5.73 Å². The lowest BCUT2D eigenvalue weighted by molar-refractivity contribution is 0.231. The molecule has 0 bridgehead atoms. The van der Waals surface area contributed by atoms with Crippen LogP contribution in [-0.4, -0.2) is 9.55 Å². The maximum Gasteiger partial charge on any atom is 0.201 e. The van der Waals surface area contributed by atoms with Crippen LogP contribution in [0.1, 0.15) is 38.2 Å². The normalized spacial score (nSPS) is 23.9. The zero-order chi connectivity index (χ0) is 13.4. The molecule has 1 aliphatic rings. The molecular formula is C16H23N3. The third-order valence-electron chi connectivity index (χ3n) is 4.70. The molecular weight excluding hydrogens is 234 g/mol. The van der Waals surface area contributed by atoms with Crippen molar-refractivity contribution in [3.8, 4) is 0 Å². The van der Waals surface area contributed by atoms with E-state index in [0.717, 1.165) is 23.9 Å². The summed E-state index contributed by atoms with van der Waals surface area (Å²) in [6.07, 6.45) is 5.43. The largest absolute Gasteiger partial charge is 0.369 e. The van der Waals surface area contributed by atoms with Gasteiger partial charge in [0.1, 0.15) is 0 Å². The van der Waals surface area contributed by atoms with E-state index in [2.05, 4.69) is 41.6 Å². The van der Waals surface area contributed by atoms with Gasteiger partial charge in [0, 0.05) is 6.54 Å². The molecule has 1 aromatic carbocycles. The van der Waals surface area contributed by atoms with Crippen molar-refractivity contribution in [1.29, 1.82) is 0 Å². The molecule has 1 aromatic heterocycles. The molecule has 3 heteroatoms. The molecule has 2 atom stereocenters. The van der Waals surface area contributed by atoms with Gasteiger partial charge in [-0.3, -0.25) is 0 Å². The smallest absolute Gasteiger partial charge is 0.201 e. The van der Waals surface area contributed by atoms with E-state index in [1.165, 1.54) is 36.8 Å². The van der Waals surface area contributed by atoms with Crippen molar-refractivity contribution in [3.63, 3.8) is 0 Å². The van der Waals surface area contributed by atoms with E-state index in [0.29, 0.717) is 5.95 Å². The van der Waals surface area contributed by atoms with Gasteiger partial charge in [-0.25, -0.2) is 4.98 Å². The number of benzene rings is 1. The number of rotatable bonds is 2. The van der Waals surface area contributed by atoms with Crippen LogP contribution in [0.3, 0.4) is 0 Å². The average Bonchev–Trinajstić information content (AvgIpc) is 2.70. The molecule has 2 N–H and O–H groups in total. The van der Waals surface area contributed by atoms with E-state index in [1.807, 2.05) is 0 Å². The first kappa shape index (κ1) is 12.5. The Bertz CT molecular complexity index is 585. The Kier molecular flexibility index (Phi) is 3.21. The van der Waals surface area contributed by atoms with Gasteiger partial charge in [0.05, 0.1) is 11.0 Å². The molecule has 0 aliphatic heterocycles. The lowest BCUT2D eigenvalue weighted by atomic mass is 9.80.